The van der Waals surface area contributed by atoms with Gasteiger partial charge in [-0.05, 0) is 81.2 Å². The second-order valence-corrected chi connectivity index (χ2v) is 14.4. The first-order valence-electron chi connectivity index (χ1n) is 18.8. The van der Waals surface area contributed by atoms with E-state index in [9.17, 15) is 0 Å². The van der Waals surface area contributed by atoms with Crippen LogP contribution in [0.1, 0.15) is 0 Å². The molecule has 3 heteroatoms. The molecule has 9 aromatic carbocycles. The molecule has 0 spiro atoms. The minimum absolute atomic E-state index is 0.835. The lowest BCUT2D eigenvalue weighted by Gasteiger charge is -2.18. The predicted molar refractivity (Wildman–Crippen MR) is 229 cm³/mol. The summed E-state index contributed by atoms with van der Waals surface area (Å²) in [6, 6.07) is 67.1. The van der Waals surface area contributed by atoms with Crippen molar-refractivity contribution < 1.29 is 8.83 Å². The molecule has 0 saturated carbocycles. The molecule has 0 unspecified atom stereocenters. The van der Waals surface area contributed by atoms with E-state index in [0.717, 1.165) is 61.0 Å². The Kier molecular flexibility index (Phi) is 6.34. The van der Waals surface area contributed by atoms with Crippen LogP contribution in [0.25, 0.3) is 116 Å². The number of fused-ring (bicyclic) bond motifs is 9. The largest absolute Gasteiger partial charge is 0.456 e. The maximum absolute atomic E-state index is 6.86. The van der Waals surface area contributed by atoms with Crippen molar-refractivity contribution in [2.24, 2.45) is 0 Å². The molecule has 12 rings (SSSR count). The van der Waals surface area contributed by atoms with Crippen LogP contribution < -0.4 is 0 Å². The minimum atomic E-state index is 0.835. The van der Waals surface area contributed by atoms with Crippen molar-refractivity contribution in [1.82, 2.24) is 4.57 Å². The van der Waals surface area contributed by atoms with Crippen molar-refractivity contribution in [3.8, 4) is 39.3 Å². The average molecular weight is 702 g/mol. The third-order valence-corrected chi connectivity index (χ3v) is 11.4. The second kappa shape index (κ2) is 11.6. The Morgan fingerprint density at radius 2 is 0.891 bits per heavy atom. The summed E-state index contributed by atoms with van der Waals surface area (Å²) >= 11 is 0. The smallest absolute Gasteiger partial charge is 0.144 e. The number of hydrogen-bond acceptors (Lipinski definition) is 2. The fourth-order valence-electron chi connectivity index (χ4n) is 9.04. The standard InChI is InChI=1S/C52H31NO2/c1-3-15-32(16-4-1)47-31-43-48(54-47)30-42-36-20-12-14-26-46(36)55-52(42)51(43)50-39-23-9-7-21-37(39)49(38-22-8-10-24-40(38)50)33-27-28-45-41(29-33)35-19-11-13-25-44(35)53(45)34-17-5-2-6-18-34/h1-31H. The maximum atomic E-state index is 6.86. The minimum Gasteiger partial charge on any atom is -0.456 e. The van der Waals surface area contributed by atoms with Crippen LogP contribution >= 0.6 is 0 Å². The number of hydrogen-bond donors (Lipinski definition) is 0. The first-order valence-corrected chi connectivity index (χ1v) is 18.8. The van der Waals surface area contributed by atoms with E-state index < -0.39 is 0 Å². The normalized spacial score (nSPS) is 12.0. The van der Waals surface area contributed by atoms with Crippen molar-refractivity contribution in [3.63, 3.8) is 0 Å². The van der Waals surface area contributed by atoms with Gasteiger partial charge in [-0.15, -0.1) is 0 Å². The highest BCUT2D eigenvalue weighted by molar-refractivity contribution is 6.28. The van der Waals surface area contributed by atoms with Crippen LogP contribution in [0.3, 0.4) is 0 Å². The molecule has 0 aliphatic rings. The van der Waals surface area contributed by atoms with Gasteiger partial charge in [-0.1, -0.05) is 140 Å². The number of furan rings is 2. The summed E-state index contributed by atoms with van der Waals surface area (Å²) in [5, 5.41) is 10.3. The summed E-state index contributed by atoms with van der Waals surface area (Å²) in [6.45, 7) is 0. The van der Waals surface area contributed by atoms with Crippen LogP contribution in [0.4, 0.5) is 0 Å². The fourth-order valence-corrected chi connectivity index (χ4v) is 9.04. The molecule has 3 heterocycles. The van der Waals surface area contributed by atoms with Gasteiger partial charge in [0.15, 0.2) is 0 Å². The number of rotatable bonds is 4. The van der Waals surface area contributed by atoms with Gasteiger partial charge in [0.25, 0.3) is 0 Å². The predicted octanol–water partition coefficient (Wildman–Crippen LogP) is 14.7. The Morgan fingerprint density at radius 3 is 1.62 bits per heavy atom. The summed E-state index contributed by atoms with van der Waals surface area (Å²) < 4.78 is 16.0. The average Bonchev–Trinajstić information content (AvgIpc) is 3.94. The summed E-state index contributed by atoms with van der Waals surface area (Å²) in [7, 11) is 0. The SMILES string of the molecule is c1ccc(-c2cc3c(-c4c5ccccc5c(-c5ccc6c(c5)c5ccccc5n6-c5ccccc5)c5ccccc45)c4oc5ccccc5c4cc3o2)cc1. The van der Waals surface area contributed by atoms with E-state index in [1.165, 1.54) is 54.5 Å². The summed E-state index contributed by atoms with van der Waals surface area (Å²) in [6.07, 6.45) is 0. The quantitative estimate of drug-likeness (QED) is 0.171. The molecule has 0 fully saturated rings. The molecule has 0 amide bonds. The van der Waals surface area contributed by atoms with E-state index in [0.29, 0.717) is 0 Å². The van der Waals surface area contributed by atoms with Crippen LogP contribution in [-0.4, -0.2) is 4.57 Å². The van der Waals surface area contributed by atoms with Crippen molar-refractivity contribution in [3.05, 3.63) is 188 Å². The molecule has 0 atom stereocenters. The Balaban J connectivity index is 1.20. The molecule has 3 nitrogen and oxygen atoms in total. The molecule has 0 aliphatic carbocycles. The molecule has 12 aromatic rings. The summed E-state index contributed by atoms with van der Waals surface area (Å²) in [4.78, 5) is 0. The third kappa shape index (κ3) is 4.38. The van der Waals surface area contributed by atoms with Gasteiger partial charge in [-0.3, -0.25) is 0 Å². The van der Waals surface area contributed by atoms with E-state index in [4.69, 9.17) is 8.83 Å². The van der Waals surface area contributed by atoms with Gasteiger partial charge >= 0.3 is 0 Å². The molecule has 3 aromatic heterocycles. The first kappa shape index (κ1) is 30.1. The topological polar surface area (TPSA) is 31.2 Å². The monoisotopic (exact) mass is 701 g/mol. The molecule has 256 valence electrons. The lowest BCUT2D eigenvalue weighted by Crippen LogP contribution is -1.93. The summed E-state index contributed by atoms with van der Waals surface area (Å²) in [5.74, 6) is 0.835. The third-order valence-electron chi connectivity index (χ3n) is 11.4. The van der Waals surface area contributed by atoms with E-state index >= 15 is 0 Å². The highest BCUT2D eigenvalue weighted by Gasteiger charge is 2.25. The number of aromatic nitrogens is 1. The van der Waals surface area contributed by atoms with Gasteiger partial charge in [-0.2, -0.15) is 0 Å². The zero-order valence-corrected chi connectivity index (χ0v) is 29.7. The molecule has 0 N–H and O–H groups in total. The van der Waals surface area contributed by atoms with Crippen LogP contribution in [0.5, 0.6) is 0 Å². The molecule has 0 saturated heterocycles. The number of nitrogens with zero attached hydrogens (tertiary/aromatic N) is 1. The van der Waals surface area contributed by atoms with E-state index in [2.05, 4.69) is 180 Å². The molecular formula is C52H31NO2. The highest BCUT2D eigenvalue weighted by Crippen LogP contribution is 2.50. The van der Waals surface area contributed by atoms with Gasteiger partial charge < -0.3 is 13.4 Å². The molecular weight excluding hydrogens is 671 g/mol. The highest BCUT2D eigenvalue weighted by atomic mass is 16.3. The van der Waals surface area contributed by atoms with Crippen molar-refractivity contribution in [2.75, 3.05) is 0 Å². The number of benzene rings is 9. The lowest BCUT2D eigenvalue weighted by molar-refractivity contribution is 0.631. The van der Waals surface area contributed by atoms with Crippen LogP contribution in [0.2, 0.25) is 0 Å². The van der Waals surface area contributed by atoms with Gasteiger partial charge in [0.2, 0.25) is 0 Å². The van der Waals surface area contributed by atoms with E-state index in [-0.39, 0.29) is 0 Å². The zero-order chi connectivity index (χ0) is 36.0. The molecule has 0 bridgehead atoms. The Hall–Kier alpha value is -7.36. The van der Waals surface area contributed by atoms with Crippen LogP contribution in [0, 0.1) is 0 Å². The van der Waals surface area contributed by atoms with Crippen molar-refractivity contribution in [1.29, 1.82) is 0 Å². The second-order valence-electron chi connectivity index (χ2n) is 14.4. The lowest BCUT2D eigenvalue weighted by atomic mass is 9.84. The van der Waals surface area contributed by atoms with Gasteiger partial charge in [0, 0.05) is 49.3 Å². The van der Waals surface area contributed by atoms with E-state index in [1.807, 2.05) is 12.1 Å². The maximum Gasteiger partial charge on any atom is 0.144 e. The zero-order valence-electron chi connectivity index (χ0n) is 29.7. The first-order chi connectivity index (χ1) is 27.3. The van der Waals surface area contributed by atoms with Crippen LogP contribution in [0.15, 0.2) is 197 Å². The van der Waals surface area contributed by atoms with Gasteiger partial charge in [0.1, 0.15) is 22.5 Å². The van der Waals surface area contributed by atoms with Crippen LogP contribution in [-0.2, 0) is 0 Å². The van der Waals surface area contributed by atoms with Gasteiger partial charge in [-0.25, -0.2) is 0 Å². The fraction of sp³-hybridized carbons (Fsp3) is 0. The summed E-state index contributed by atoms with van der Waals surface area (Å²) in [5.41, 5.74) is 11.8. The van der Waals surface area contributed by atoms with Gasteiger partial charge in [0.05, 0.1) is 11.0 Å². The number of para-hydroxylation sites is 3. The Morgan fingerprint density at radius 1 is 0.309 bits per heavy atom. The molecule has 0 aliphatic heterocycles. The molecule has 55 heavy (non-hydrogen) atoms. The van der Waals surface area contributed by atoms with Crippen molar-refractivity contribution in [2.45, 2.75) is 0 Å². The van der Waals surface area contributed by atoms with Crippen molar-refractivity contribution >= 4 is 76.3 Å². The molecule has 0 radical (unpaired) electrons. The Bertz CT molecular complexity index is 3420. The Labute approximate surface area is 315 Å². The van der Waals surface area contributed by atoms with E-state index in [1.54, 1.807) is 0 Å².